The van der Waals surface area contributed by atoms with E-state index in [1.165, 1.54) is 17.8 Å². The summed E-state index contributed by atoms with van der Waals surface area (Å²) in [5, 5.41) is 10.0. The molecule has 1 aromatic rings. The van der Waals surface area contributed by atoms with Crippen LogP contribution in [-0.2, 0) is 11.2 Å². The van der Waals surface area contributed by atoms with Crippen molar-refractivity contribution in [2.24, 2.45) is 10.9 Å². The van der Waals surface area contributed by atoms with E-state index in [0.29, 0.717) is 5.92 Å². The molecule has 1 aromatic heterocycles. The molecular formula is C17H30N4OS. The Labute approximate surface area is 144 Å². The molecule has 0 aromatic carbocycles. The third-order valence-corrected chi connectivity index (χ3v) is 4.96. The molecule has 1 heterocycles. The van der Waals surface area contributed by atoms with Gasteiger partial charge in [-0.15, -0.1) is 11.3 Å². The van der Waals surface area contributed by atoms with Gasteiger partial charge in [0.25, 0.3) is 0 Å². The highest BCUT2D eigenvalue weighted by molar-refractivity contribution is 7.09. The molecule has 0 amide bonds. The van der Waals surface area contributed by atoms with Crippen LogP contribution in [0.25, 0.3) is 0 Å². The van der Waals surface area contributed by atoms with Crippen molar-refractivity contribution in [3.63, 3.8) is 0 Å². The Kier molecular flexibility index (Phi) is 7.82. The second kappa shape index (κ2) is 9.88. The van der Waals surface area contributed by atoms with E-state index < -0.39 is 0 Å². The molecular weight excluding hydrogens is 308 g/mol. The fourth-order valence-electron chi connectivity index (χ4n) is 2.15. The van der Waals surface area contributed by atoms with Gasteiger partial charge in [0.2, 0.25) is 0 Å². The molecule has 0 saturated heterocycles. The molecule has 1 saturated carbocycles. The van der Waals surface area contributed by atoms with E-state index in [-0.39, 0.29) is 0 Å². The number of guanidine groups is 1. The third kappa shape index (κ3) is 7.31. The summed E-state index contributed by atoms with van der Waals surface area (Å²) in [6.07, 6.45) is 4.64. The number of ether oxygens (including phenoxy) is 1. The first-order valence-corrected chi connectivity index (χ1v) is 9.53. The van der Waals surface area contributed by atoms with Gasteiger partial charge in [-0.25, -0.2) is 4.98 Å². The molecule has 0 unspecified atom stereocenters. The lowest BCUT2D eigenvalue weighted by Gasteiger charge is -2.11. The molecule has 0 aliphatic heterocycles. The van der Waals surface area contributed by atoms with Crippen molar-refractivity contribution >= 4 is 17.3 Å². The molecule has 0 atom stereocenters. The molecule has 130 valence electrons. The van der Waals surface area contributed by atoms with Crippen LogP contribution in [0.15, 0.2) is 10.4 Å². The highest BCUT2D eigenvalue weighted by atomic mass is 32.1. The van der Waals surface area contributed by atoms with Gasteiger partial charge < -0.3 is 15.4 Å². The Balaban J connectivity index is 1.53. The van der Waals surface area contributed by atoms with Crippen LogP contribution in [0.4, 0.5) is 0 Å². The summed E-state index contributed by atoms with van der Waals surface area (Å²) in [5.41, 5.74) is 1.16. The summed E-state index contributed by atoms with van der Waals surface area (Å²) < 4.78 is 5.63. The molecule has 1 fully saturated rings. The molecule has 5 nitrogen and oxygen atoms in total. The maximum absolute atomic E-state index is 5.63. The first-order chi connectivity index (χ1) is 11.2. The number of aliphatic imine (C=N–C) groups is 1. The van der Waals surface area contributed by atoms with Crippen molar-refractivity contribution in [1.82, 2.24) is 15.6 Å². The Morgan fingerprint density at radius 1 is 1.39 bits per heavy atom. The van der Waals surface area contributed by atoms with E-state index in [9.17, 15) is 0 Å². The van der Waals surface area contributed by atoms with Crippen LogP contribution in [0.5, 0.6) is 0 Å². The van der Waals surface area contributed by atoms with E-state index in [2.05, 4.69) is 39.8 Å². The SMILES string of the molecule is CN=C(NCCCOCC1CC1)NCCc1csc(C(C)C)n1. The summed E-state index contributed by atoms with van der Waals surface area (Å²) in [6, 6.07) is 0. The molecule has 6 heteroatoms. The lowest BCUT2D eigenvalue weighted by atomic mass is 10.2. The first-order valence-electron chi connectivity index (χ1n) is 8.65. The van der Waals surface area contributed by atoms with Gasteiger partial charge in [-0.3, -0.25) is 4.99 Å². The fraction of sp³-hybridized carbons (Fsp3) is 0.765. The average Bonchev–Trinajstić information content (AvgIpc) is 3.24. The molecule has 2 rings (SSSR count). The van der Waals surface area contributed by atoms with Crippen LogP contribution in [0, 0.1) is 5.92 Å². The smallest absolute Gasteiger partial charge is 0.190 e. The molecule has 1 aliphatic rings. The van der Waals surface area contributed by atoms with E-state index in [1.807, 2.05) is 0 Å². The van der Waals surface area contributed by atoms with Gasteiger partial charge in [0.1, 0.15) is 0 Å². The monoisotopic (exact) mass is 338 g/mol. The minimum absolute atomic E-state index is 0.512. The highest BCUT2D eigenvalue weighted by Crippen LogP contribution is 2.28. The van der Waals surface area contributed by atoms with E-state index in [0.717, 1.165) is 56.7 Å². The fourth-order valence-corrected chi connectivity index (χ4v) is 3.02. The summed E-state index contributed by atoms with van der Waals surface area (Å²) in [5.74, 6) is 2.21. The molecule has 1 aliphatic carbocycles. The second-order valence-corrected chi connectivity index (χ2v) is 7.27. The number of nitrogens with zero attached hydrogens (tertiary/aromatic N) is 2. The van der Waals surface area contributed by atoms with Crippen LogP contribution in [0.3, 0.4) is 0 Å². The predicted octanol–water partition coefficient (Wildman–Crippen LogP) is 2.79. The van der Waals surface area contributed by atoms with Gasteiger partial charge in [-0.05, 0) is 25.2 Å². The largest absolute Gasteiger partial charge is 0.381 e. The molecule has 2 N–H and O–H groups in total. The van der Waals surface area contributed by atoms with E-state index >= 15 is 0 Å². The number of aromatic nitrogens is 1. The number of nitrogens with one attached hydrogen (secondary N) is 2. The molecule has 0 bridgehead atoms. The number of thiazole rings is 1. The van der Waals surface area contributed by atoms with Crippen LogP contribution in [0.2, 0.25) is 0 Å². The summed E-state index contributed by atoms with van der Waals surface area (Å²) >= 11 is 1.75. The predicted molar refractivity (Wildman–Crippen MR) is 97.4 cm³/mol. The second-order valence-electron chi connectivity index (χ2n) is 6.38. The Morgan fingerprint density at radius 2 is 2.17 bits per heavy atom. The molecule has 0 radical (unpaired) electrons. The molecule has 0 spiro atoms. The van der Waals surface area contributed by atoms with Crippen molar-refractivity contribution in [2.75, 3.05) is 33.4 Å². The summed E-state index contributed by atoms with van der Waals surface area (Å²) in [6.45, 7) is 7.87. The van der Waals surface area contributed by atoms with Gasteiger partial charge >= 0.3 is 0 Å². The summed E-state index contributed by atoms with van der Waals surface area (Å²) in [7, 11) is 1.80. The zero-order valence-electron chi connectivity index (χ0n) is 14.6. The van der Waals surface area contributed by atoms with Crippen LogP contribution >= 0.6 is 11.3 Å². The van der Waals surface area contributed by atoms with E-state index in [1.54, 1.807) is 18.4 Å². The van der Waals surface area contributed by atoms with Gasteiger partial charge in [0.15, 0.2) is 5.96 Å². The lowest BCUT2D eigenvalue weighted by molar-refractivity contribution is 0.123. The molecule has 23 heavy (non-hydrogen) atoms. The van der Waals surface area contributed by atoms with Crippen LogP contribution in [0.1, 0.15) is 49.7 Å². The Hall–Kier alpha value is -1.14. The number of hydrogen-bond acceptors (Lipinski definition) is 4. The standard InChI is InChI=1S/C17H30N4OS/c1-13(2)16-21-15(12-23-16)7-9-20-17(18-3)19-8-4-10-22-11-14-5-6-14/h12-14H,4-11H2,1-3H3,(H2,18,19,20). The van der Waals surface area contributed by atoms with Gasteiger partial charge in [0, 0.05) is 51.1 Å². The Morgan fingerprint density at radius 3 is 2.83 bits per heavy atom. The van der Waals surface area contributed by atoms with Gasteiger partial charge in [0.05, 0.1) is 10.7 Å². The van der Waals surface area contributed by atoms with Crippen molar-refractivity contribution in [1.29, 1.82) is 0 Å². The topological polar surface area (TPSA) is 58.5 Å². The minimum Gasteiger partial charge on any atom is -0.381 e. The van der Waals surface area contributed by atoms with Crippen molar-refractivity contribution in [3.05, 3.63) is 16.1 Å². The maximum atomic E-state index is 5.63. The normalized spacial score (nSPS) is 15.2. The minimum atomic E-state index is 0.512. The quantitative estimate of drug-likeness (QED) is 0.391. The number of hydrogen-bond donors (Lipinski definition) is 2. The highest BCUT2D eigenvalue weighted by Gasteiger charge is 2.20. The zero-order chi connectivity index (χ0) is 16.5. The first kappa shape index (κ1) is 18.2. The van der Waals surface area contributed by atoms with E-state index in [4.69, 9.17) is 4.74 Å². The zero-order valence-corrected chi connectivity index (χ0v) is 15.4. The van der Waals surface area contributed by atoms with Crippen molar-refractivity contribution in [3.8, 4) is 0 Å². The maximum Gasteiger partial charge on any atom is 0.190 e. The van der Waals surface area contributed by atoms with Crippen molar-refractivity contribution in [2.45, 2.75) is 45.4 Å². The van der Waals surface area contributed by atoms with Crippen molar-refractivity contribution < 1.29 is 4.74 Å². The average molecular weight is 339 g/mol. The Bertz CT molecular complexity index is 483. The van der Waals surface area contributed by atoms with Crippen LogP contribution in [-0.4, -0.2) is 44.3 Å². The number of rotatable bonds is 10. The third-order valence-electron chi connectivity index (χ3n) is 3.77. The van der Waals surface area contributed by atoms with Gasteiger partial charge in [-0.2, -0.15) is 0 Å². The summed E-state index contributed by atoms with van der Waals surface area (Å²) in [4.78, 5) is 8.89. The lowest BCUT2D eigenvalue weighted by Crippen LogP contribution is -2.39. The van der Waals surface area contributed by atoms with Crippen LogP contribution < -0.4 is 10.6 Å². The van der Waals surface area contributed by atoms with Gasteiger partial charge in [-0.1, -0.05) is 13.8 Å².